The number of carbonyl (C=O) groups excluding carboxylic acids is 1. The predicted octanol–water partition coefficient (Wildman–Crippen LogP) is -0.0695. The van der Waals surface area contributed by atoms with Crippen molar-refractivity contribution in [3.63, 3.8) is 0 Å². The van der Waals surface area contributed by atoms with Crippen molar-refractivity contribution in [3.05, 3.63) is 23.9 Å². The number of nitrogens with two attached hydrogens (primary N) is 2. The summed E-state index contributed by atoms with van der Waals surface area (Å²) in [6.07, 6.45) is 5.48. The highest BCUT2D eigenvalue weighted by molar-refractivity contribution is 5.92. The van der Waals surface area contributed by atoms with Crippen molar-refractivity contribution in [2.45, 2.75) is 56.4 Å². The molecule has 0 bridgehead atoms. The van der Waals surface area contributed by atoms with Gasteiger partial charge in [-0.05, 0) is 26.7 Å². The smallest absolute Gasteiger partial charge is 0.246 e. The van der Waals surface area contributed by atoms with Crippen molar-refractivity contribution in [2.75, 3.05) is 6.61 Å². The maximum absolute atomic E-state index is 11.1. The molecule has 128 valence electrons. The Morgan fingerprint density at radius 2 is 2.09 bits per heavy atom. The molecule has 2 aliphatic heterocycles. The summed E-state index contributed by atoms with van der Waals surface area (Å²) in [6, 6.07) is 0. The summed E-state index contributed by atoms with van der Waals surface area (Å²) in [5.41, 5.74) is 10.5. The molecule has 0 aromatic heterocycles. The lowest BCUT2D eigenvalue weighted by molar-refractivity contribution is -0.196. The quantitative estimate of drug-likeness (QED) is 0.481. The number of aliphatic hydroxyl groups is 1. The zero-order valence-corrected chi connectivity index (χ0v) is 13.4. The lowest BCUT2D eigenvalue weighted by Gasteiger charge is -2.23. The van der Waals surface area contributed by atoms with Gasteiger partial charge in [-0.25, -0.2) is 0 Å². The van der Waals surface area contributed by atoms with Crippen LogP contribution in [0.15, 0.2) is 23.9 Å². The molecule has 2 heterocycles. The first-order valence-corrected chi connectivity index (χ1v) is 7.84. The Hall–Kier alpha value is -1.41. The van der Waals surface area contributed by atoms with E-state index in [0.717, 1.165) is 6.42 Å². The predicted molar refractivity (Wildman–Crippen MR) is 81.8 cm³/mol. The monoisotopic (exact) mass is 324 g/mol. The van der Waals surface area contributed by atoms with E-state index >= 15 is 0 Å². The number of aliphatic hydroxyl groups excluding tert-OH is 1. The average molecular weight is 324 g/mol. The van der Waals surface area contributed by atoms with Crippen LogP contribution in [0.1, 0.15) is 26.7 Å². The Labute approximate surface area is 135 Å². The average Bonchev–Trinajstić information content (AvgIpc) is 2.97. The molecule has 3 rings (SSSR count). The summed E-state index contributed by atoms with van der Waals surface area (Å²) in [5, 5.41) is 9.52. The minimum absolute atomic E-state index is 0.0967. The second-order valence-corrected chi connectivity index (χ2v) is 6.81. The van der Waals surface area contributed by atoms with E-state index in [4.69, 9.17) is 25.7 Å². The van der Waals surface area contributed by atoms with Crippen molar-refractivity contribution in [1.82, 2.24) is 0 Å². The molecule has 7 nitrogen and oxygen atoms in total. The Kier molecular flexibility index (Phi) is 4.00. The number of hydrogen-bond acceptors (Lipinski definition) is 6. The SMILES string of the molecule is CC1(C)O[C@@H]2C(CO)OC3(CC3/C=C\C/C(=C\N)C(N)=O)[C@@H]2O1. The third kappa shape index (κ3) is 2.78. The van der Waals surface area contributed by atoms with E-state index < -0.39 is 17.3 Å². The summed E-state index contributed by atoms with van der Waals surface area (Å²) in [7, 11) is 0. The second kappa shape index (κ2) is 5.59. The number of primary amides is 1. The van der Waals surface area contributed by atoms with Gasteiger partial charge in [-0.3, -0.25) is 4.79 Å². The highest BCUT2D eigenvalue weighted by Crippen LogP contribution is 2.60. The molecular weight excluding hydrogens is 300 g/mol. The van der Waals surface area contributed by atoms with E-state index in [0.29, 0.717) is 12.0 Å². The zero-order chi connectivity index (χ0) is 16.8. The number of fused-ring (bicyclic) bond motifs is 2. The number of allylic oxidation sites excluding steroid dienone is 1. The molecule has 3 aliphatic rings. The Morgan fingerprint density at radius 1 is 1.35 bits per heavy atom. The van der Waals surface area contributed by atoms with Crippen molar-refractivity contribution in [1.29, 1.82) is 0 Å². The third-order valence-corrected chi connectivity index (χ3v) is 4.76. The number of ether oxygens (including phenoxy) is 3. The molecule has 2 saturated heterocycles. The first kappa shape index (κ1) is 16.4. The van der Waals surface area contributed by atoms with Crippen molar-refractivity contribution < 1.29 is 24.1 Å². The van der Waals surface area contributed by atoms with Gasteiger partial charge in [-0.1, -0.05) is 12.2 Å². The molecule has 5 N–H and O–H groups in total. The largest absolute Gasteiger partial charge is 0.404 e. The first-order valence-electron chi connectivity index (χ1n) is 7.84. The topological polar surface area (TPSA) is 117 Å². The molecular formula is C16H24N2O5. The number of hydrogen-bond donors (Lipinski definition) is 3. The van der Waals surface area contributed by atoms with Crippen LogP contribution in [0.3, 0.4) is 0 Å². The summed E-state index contributed by atoms with van der Waals surface area (Å²) >= 11 is 0. The highest BCUT2D eigenvalue weighted by atomic mass is 16.8. The van der Waals surface area contributed by atoms with Crippen LogP contribution in [0, 0.1) is 5.92 Å². The van der Waals surface area contributed by atoms with Gasteiger partial charge in [0.05, 0.1) is 6.61 Å². The van der Waals surface area contributed by atoms with Crippen LogP contribution in [0.2, 0.25) is 0 Å². The molecule has 1 aliphatic carbocycles. The zero-order valence-electron chi connectivity index (χ0n) is 13.4. The molecule has 1 saturated carbocycles. The van der Waals surface area contributed by atoms with Crippen LogP contribution in [-0.4, -0.2) is 47.3 Å². The summed E-state index contributed by atoms with van der Waals surface area (Å²) in [6.45, 7) is 3.64. The van der Waals surface area contributed by atoms with Crippen LogP contribution < -0.4 is 11.5 Å². The fourth-order valence-corrected chi connectivity index (χ4v) is 3.58. The minimum atomic E-state index is -0.669. The molecule has 1 spiro atoms. The maximum Gasteiger partial charge on any atom is 0.246 e. The van der Waals surface area contributed by atoms with E-state index in [9.17, 15) is 9.90 Å². The molecule has 0 aromatic rings. The van der Waals surface area contributed by atoms with Crippen LogP contribution in [0.5, 0.6) is 0 Å². The van der Waals surface area contributed by atoms with Gasteiger partial charge in [0.2, 0.25) is 5.91 Å². The van der Waals surface area contributed by atoms with Gasteiger partial charge in [0.1, 0.15) is 23.9 Å². The Bertz CT molecular complexity index is 559. The molecule has 0 aromatic carbocycles. The minimum Gasteiger partial charge on any atom is -0.404 e. The number of rotatable bonds is 5. The normalized spacial score (nSPS) is 41.6. The van der Waals surface area contributed by atoms with Gasteiger partial charge in [0.15, 0.2) is 5.79 Å². The summed E-state index contributed by atoms with van der Waals surface area (Å²) < 4.78 is 17.9. The van der Waals surface area contributed by atoms with E-state index in [1.54, 1.807) is 0 Å². The van der Waals surface area contributed by atoms with Gasteiger partial charge >= 0.3 is 0 Å². The van der Waals surface area contributed by atoms with Gasteiger partial charge in [0, 0.05) is 17.7 Å². The fourth-order valence-electron chi connectivity index (χ4n) is 3.58. The molecule has 7 heteroatoms. The van der Waals surface area contributed by atoms with Gasteiger partial charge in [-0.2, -0.15) is 0 Å². The van der Waals surface area contributed by atoms with E-state index in [2.05, 4.69) is 0 Å². The van der Waals surface area contributed by atoms with Gasteiger partial charge in [-0.15, -0.1) is 0 Å². The van der Waals surface area contributed by atoms with Crippen LogP contribution >= 0.6 is 0 Å². The molecule has 23 heavy (non-hydrogen) atoms. The third-order valence-electron chi connectivity index (χ3n) is 4.76. The van der Waals surface area contributed by atoms with Crippen molar-refractivity contribution >= 4 is 5.91 Å². The summed E-state index contributed by atoms with van der Waals surface area (Å²) in [5.74, 6) is -1.02. The summed E-state index contributed by atoms with van der Waals surface area (Å²) in [4.78, 5) is 11.1. The lowest BCUT2D eigenvalue weighted by Crippen LogP contribution is -2.32. The molecule has 3 fully saturated rings. The van der Waals surface area contributed by atoms with Crippen LogP contribution in [0.4, 0.5) is 0 Å². The molecule has 1 amide bonds. The fraction of sp³-hybridized carbons (Fsp3) is 0.688. The second-order valence-electron chi connectivity index (χ2n) is 6.81. The van der Waals surface area contributed by atoms with Crippen molar-refractivity contribution in [2.24, 2.45) is 17.4 Å². The molecule has 0 radical (unpaired) electrons. The number of carbonyl (C=O) groups is 1. The van der Waals surface area contributed by atoms with E-state index in [1.807, 2.05) is 26.0 Å². The van der Waals surface area contributed by atoms with Crippen LogP contribution in [-0.2, 0) is 19.0 Å². The maximum atomic E-state index is 11.1. The highest BCUT2D eigenvalue weighted by Gasteiger charge is 2.72. The molecule has 5 atom stereocenters. The van der Waals surface area contributed by atoms with E-state index in [-0.39, 0.29) is 30.8 Å². The molecule has 3 unspecified atom stereocenters. The van der Waals surface area contributed by atoms with Crippen molar-refractivity contribution in [3.8, 4) is 0 Å². The lowest BCUT2D eigenvalue weighted by atomic mass is 10.0. The van der Waals surface area contributed by atoms with E-state index in [1.165, 1.54) is 6.20 Å². The Morgan fingerprint density at radius 3 is 2.70 bits per heavy atom. The van der Waals surface area contributed by atoms with Gasteiger partial charge in [0.25, 0.3) is 0 Å². The first-order chi connectivity index (χ1) is 10.8. The Balaban J connectivity index is 1.67. The van der Waals surface area contributed by atoms with Gasteiger partial charge < -0.3 is 30.8 Å². The number of amides is 1. The van der Waals surface area contributed by atoms with Crippen LogP contribution in [0.25, 0.3) is 0 Å². The standard InChI is InChI=1S/C16H24N2O5/c1-15(2)22-12-11(8-19)21-16(13(12)23-15)6-10(16)5-3-4-9(7-17)14(18)20/h3,5,7,10-13,19H,4,6,8,17H2,1-2H3,(H2,18,20)/b5-3-,9-7+/t10?,11?,12-,13-,16?/m1/s1.